The number of benzene rings is 2. The average molecular weight is 585 g/mol. The summed E-state index contributed by atoms with van der Waals surface area (Å²) in [5.74, 6) is -0.470. The lowest BCUT2D eigenvalue weighted by molar-refractivity contribution is -0.128. The highest BCUT2D eigenvalue weighted by atomic mass is 32.2. The molecule has 2 atom stereocenters. The van der Waals surface area contributed by atoms with Crippen LogP contribution in [-0.2, 0) is 33.1 Å². The van der Waals surface area contributed by atoms with Crippen LogP contribution in [0.1, 0.15) is 51.2 Å². The summed E-state index contributed by atoms with van der Waals surface area (Å²) in [6.07, 6.45) is 4.01. The zero-order valence-electron chi connectivity index (χ0n) is 24.8. The Morgan fingerprint density at radius 2 is 1.73 bits per heavy atom. The summed E-state index contributed by atoms with van der Waals surface area (Å²) in [5, 5.41) is 16.9. The molecule has 1 heterocycles. The van der Waals surface area contributed by atoms with Gasteiger partial charge in [0, 0.05) is 56.6 Å². The predicted molar refractivity (Wildman–Crippen MR) is 162 cm³/mol. The standard InChI is InChI=1S/C31H44N4O5S/c1-22(2)19-35(41(39,40)27-15-13-23(3)14-16-27)26(21-36)10-8-9-17-32-31(38)29(33-24(4)37)18-25-20-34(5)30-12-7-6-11-28(25)30/h6-7,11-16,20,22,26,29,36H,8-10,17-19,21H2,1-5H3,(H,32,38)(H,33,37)/t26-,29-/m0/s1. The lowest BCUT2D eigenvalue weighted by Gasteiger charge is -2.31. The van der Waals surface area contributed by atoms with E-state index in [4.69, 9.17) is 0 Å². The van der Waals surface area contributed by atoms with Crippen molar-refractivity contribution in [3.8, 4) is 0 Å². The molecule has 3 N–H and O–H groups in total. The quantitative estimate of drug-likeness (QED) is 0.236. The Kier molecular flexibility index (Phi) is 11.5. The van der Waals surface area contributed by atoms with Gasteiger partial charge in [0.2, 0.25) is 21.8 Å². The third kappa shape index (κ3) is 8.64. The summed E-state index contributed by atoms with van der Waals surface area (Å²) in [5.41, 5.74) is 3.00. The number of aliphatic hydroxyl groups excluding tert-OH is 1. The van der Waals surface area contributed by atoms with Crippen LogP contribution in [0.5, 0.6) is 0 Å². The van der Waals surface area contributed by atoms with E-state index in [9.17, 15) is 23.1 Å². The topological polar surface area (TPSA) is 121 Å². The van der Waals surface area contributed by atoms with Crippen molar-refractivity contribution in [2.75, 3.05) is 19.7 Å². The first-order valence-corrected chi connectivity index (χ1v) is 15.6. The van der Waals surface area contributed by atoms with E-state index in [-0.39, 0.29) is 29.2 Å². The molecule has 224 valence electrons. The molecular formula is C31H44N4O5S. The minimum Gasteiger partial charge on any atom is -0.395 e. The maximum absolute atomic E-state index is 13.5. The lowest BCUT2D eigenvalue weighted by Crippen LogP contribution is -2.47. The number of hydrogen-bond acceptors (Lipinski definition) is 5. The second-order valence-electron chi connectivity index (χ2n) is 11.1. The van der Waals surface area contributed by atoms with Crippen LogP contribution in [0.4, 0.5) is 0 Å². The van der Waals surface area contributed by atoms with Crippen molar-refractivity contribution in [2.45, 2.75) is 70.4 Å². The van der Waals surface area contributed by atoms with Crippen molar-refractivity contribution < 1.29 is 23.1 Å². The van der Waals surface area contributed by atoms with Gasteiger partial charge in [-0.3, -0.25) is 9.59 Å². The SMILES string of the molecule is CC(=O)N[C@@H](Cc1cn(C)c2ccccc12)C(=O)NCCCC[C@@H](CO)N(CC(C)C)S(=O)(=O)c1ccc(C)cc1. The highest BCUT2D eigenvalue weighted by Crippen LogP contribution is 2.24. The summed E-state index contributed by atoms with van der Waals surface area (Å²) >= 11 is 0. The van der Waals surface area contributed by atoms with Gasteiger partial charge < -0.3 is 20.3 Å². The smallest absolute Gasteiger partial charge is 0.243 e. The average Bonchev–Trinajstić information content (AvgIpc) is 3.24. The van der Waals surface area contributed by atoms with Gasteiger partial charge in [0.1, 0.15) is 6.04 Å². The number of aliphatic hydroxyl groups is 1. The summed E-state index contributed by atoms with van der Waals surface area (Å²) in [4.78, 5) is 25.1. The molecule has 2 amide bonds. The van der Waals surface area contributed by atoms with Gasteiger partial charge in [-0.2, -0.15) is 4.31 Å². The molecule has 3 aromatic rings. The number of nitrogens with zero attached hydrogens (tertiary/aromatic N) is 2. The number of carbonyl (C=O) groups excluding carboxylic acids is 2. The molecule has 0 spiro atoms. The van der Waals surface area contributed by atoms with E-state index >= 15 is 0 Å². The molecule has 0 aliphatic carbocycles. The Labute approximate surface area is 244 Å². The van der Waals surface area contributed by atoms with Crippen molar-refractivity contribution in [2.24, 2.45) is 13.0 Å². The van der Waals surface area contributed by atoms with Gasteiger partial charge in [-0.25, -0.2) is 8.42 Å². The van der Waals surface area contributed by atoms with Gasteiger partial charge >= 0.3 is 0 Å². The van der Waals surface area contributed by atoms with Gasteiger partial charge in [-0.1, -0.05) is 56.2 Å². The number of aromatic nitrogens is 1. The zero-order valence-corrected chi connectivity index (χ0v) is 25.6. The van der Waals surface area contributed by atoms with Gasteiger partial charge in [0.25, 0.3) is 0 Å². The first-order chi connectivity index (χ1) is 19.4. The number of aryl methyl sites for hydroxylation is 2. The van der Waals surface area contributed by atoms with Crippen LogP contribution in [0.15, 0.2) is 59.6 Å². The first kappa shape index (κ1) is 32.3. The molecule has 0 aliphatic rings. The second-order valence-corrected chi connectivity index (χ2v) is 13.0. The molecule has 0 bridgehead atoms. The normalized spacial score (nSPS) is 13.5. The van der Waals surface area contributed by atoms with Gasteiger partial charge in [0.05, 0.1) is 11.5 Å². The molecule has 2 aromatic carbocycles. The highest BCUT2D eigenvalue weighted by Gasteiger charge is 2.31. The molecule has 0 saturated carbocycles. The van der Waals surface area contributed by atoms with E-state index in [1.165, 1.54) is 11.2 Å². The molecule has 41 heavy (non-hydrogen) atoms. The zero-order chi connectivity index (χ0) is 30.2. The highest BCUT2D eigenvalue weighted by molar-refractivity contribution is 7.89. The van der Waals surface area contributed by atoms with Crippen molar-refractivity contribution in [1.29, 1.82) is 0 Å². The maximum atomic E-state index is 13.5. The minimum absolute atomic E-state index is 0.0796. The van der Waals surface area contributed by atoms with Crippen LogP contribution in [-0.4, -0.2) is 66.0 Å². The fraction of sp³-hybridized carbons (Fsp3) is 0.484. The van der Waals surface area contributed by atoms with Crippen LogP contribution in [0.3, 0.4) is 0 Å². The van der Waals surface area contributed by atoms with Crippen molar-refractivity contribution in [3.05, 3.63) is 65.9 Å². The Hall–Kier alpha value is -3.21. The monoisotopic (exact) mass is 584 g/mol. The van der Waals surface area contributed by atoms with E-state index in [1.54, 1.807) is 24.3 Å². The third-order valence-electron chi connectivity index (χ3n) is 7.15. The summed E-state index contributed by atoms with van der Waals surface area (Å²) in [7, 11) is -1.83. The summed E-state index contributed by atoms with van der Waals surface area (Å²) < 4.78 is 30.4. The van der Waals surface area contributed by atoms with Gasteiger partial charge in [0.15, 0.2) is 0 Å². The largest absolute Gasteiger partial charge is 0.395 e. The number of sulfonamides is 1. The first-order valence-electron chi connectivity index (χ1n) is 14.2. The molecule has 0 unspecified atom stereocenters. The number of rotatable bonds is 15. The van der Waals surface area contributed by atoms with E-state index in [0.29, 0.717) is 38.8 Å². The fourth-order valence-corrected chi connectivity index (χ4v) is 6.89. The Morgan fingerprint density at radius 1 is 1.05 bits per heavy atom. The van der Waals surface area contributed by atoms with Crippen molar-refractivity contribution >= 4 is 32.7 Å². The van der Waals surface area contributed by atoms with E-state index in [0.717, 1.165) is 22.0 Å². The minimum atomic E-state index is -3.79. The molecule has 0 saturated heterocycles. The van der Waals surface area contributed by atoms with Crippen LogP contribution in [0.2, 0.25) is 0 Å². The molecule has 3 rings (SSSR count). The van der Waals surface area contributed by atoms with E-state index < -0.39 is 22.1 Å². The van der Waals surface area contributed by atoms with Gasteiger partial charge in [-0.05, 0) is 49.4 Å². The van der Waals surface area contributed by atoms with Crippen molar-refractivity contribution in [3.63, 3.8) is 0 Å². The van der Waals surface area contributed by atoms with E-state index in [2.05, 4.69) is 10.6 Å². The Balaban J connectivity index is 1.60. The Morgan fingerprint density at radius 3 is 2.37 bits per heavy atom. The van der Waals surface area contributed by atoms with Crippen molar-refractivity contribution in [1.82, 2.24) is 19.5 Å². The fourth-order valence-electron chi connectivity index (χ4n) is 5.08. The summed E-state index contributed by atoms with van der Waals surface area (Å²) in [6, 6.07) is 13.4. The summed E-state index contributed by atoms with van der Waals surface area (Å²) in [6.45, 7) is 7.57. The van der Waals surface area contributed by atoms with Crippen LogP contribution >= 0.6 is 0 Å². The molecule has 9 nitrogen and oxygen atoms in total. The molecule has 0 radical (unpaired) electrons. The third-order valence-corrected chi connectivity index (χ3v) is 9.08. The van der Waals surface area contributed by atoms with Gasteiger partial charge in [-0.15, -0.1) is 0 Å². The molecule has 0 fully saturated rings. The predicted octanol–water partition coefficient (Wildman–Crippen LogP) is 3.53. The molecular weight excluding hydrogens is 540 g/mol. The van der Waals surface area contributed by atoms with E-state index in [1.807, 2.05) is 62.8 Å². The van der Waals surface area contributed by atoms with Crippen LogP contribution in [0.25, 0.3) is 10.9 Å². The molecule has 0 aliphatic heterocycles. The molecule has 10 heteroatoms. The number of hydrogen-bond donors (Lipinski definition) is 3. The van der Waals surface area contributed by atoms with Crippen LogP contribution in [0, 0.1) is 12.8 Å². The molecule has 1 aromatic heterocycles. The number of carbonyl (C=O) groups is 2. The Bertz CT molecular complexity index is 1420. The number of para-hydroxylation sites is 1. The second kappa shape index (κ2) is 14.6. The maximum Gasteiger partial charge on any atom is 0.243 e. The number of unbranched alkanes of at least 4 members (excludes halogenated alkanes) is 1. The number of fused-ring (bicyclic) bond motifs is 1. The number of amides is 2. The lowest BCUT2D eigenvalue weighted by atomic mass is 10.0. The van der Waals surface area contributed by atoms with Crippen LogP contribution < -0.4 is 10.6 Å². The number of nitrogens with one attached hydrogen (secondary N) is 2.